The Morgan fingerprint density at radius 3 is 2.47 bits per heavy atom. The predicted octanol–water partition coefficient (Wildman–Crippen LogP) is 0.757. The van der Waals surface area contributed by atoms with Crippen LogP contribution in [-0.4, -0.2) is 48.6 Å². The van der Waals surface area contributed by atoms with E-state index in [9.17, 15) is 12.6 Å². The summed E-state index contributed by atoms with van der Waals surface area (Å²) in [5.74, 6) is 1.14. The average molecular weight is 303 g/mol. The summed E-state index contributed by atoms with van der Waals surface area (Å²) >= 11 is 0. The topological polar surface area (TPSA) is 63.7 Å². The molecule has 0 aliphatic carbocycles. The SMILES string of the molecule is COc1ccc(C)cc1S(=O)(=O)N1CCS(=O)CC1. The zero-order chi connectivity index (χ0) is 14.0. The largest absolute Gasteiger partial charge is 0.495 e. The molecule has 1 aromatic rings. The van der Waals surface area contributed by atoms with Crippen LogP contribution in [0.3, 0.4) is 0 Å². The Bertz CT molecular complexity index is 588. The third kappa shape index (κ3) is 2.98. The van der Waals surface area contributed by atoms with E-state index in [1.165, 1.54) is 11.4 Å². The van der Waals surface area contributed by atoms with Gasteiger partial charge >= 0.3 is 0 Å². The molecule has 1 heterocycles. The molecule has 19 heavy (non-hydrogen) atoms. The lowest BCUT2D eigenvalue weighted by molar-refractivity contribution is 0.394. The summed E-state index contributed by atoms with van der Waals surface area (Å²) in [4.78, 5) is 0.183. The maximum absolute atomic E-state index is 12.6. The highest BCUT2D eigenvalue weighted by Gasteiger charge is 2.30. The van der Waals surface area contributed by atoms with Gasteiger partial charge in [0, 0.05) is 35.4 Å². The Morgan fingerprint density at radius 2 is 1.89 bits per heavy atom. The monoisotopic (exact) mass is 303 g/mol. The smallest absolute Gasteiger partial charge is 0.246 e. The molecule has 0 N–H and O–H groups in total. The van der Waals surface area contributed by atoms with Gasteiger partial charge in [0.2, 0.25) is 10.0 Å². The van der Waals surface area contributed by atoms with Crippen molar-refractivity contribution >= 4 is 20.8 Å². The second-order valence-corrected chi connectivity index (χ2v) is 8.01. The first-order valence-corrected chi connectivity index (χ1v) is 8.88. The molecule has 0 saturated carbocycles. The highest BCUT2D eigenvalue weighted by molar-refractivity contribution is 7.89. The van der Waals surface area contributed by atoms with Crippen LogP contribution in [0.25, 0.3) is 0 Å². The van der Waals surface area contributed by atoms with Gasteiger partial charge in [-0.1, -0.05) is 6.07 Å². The summed E-state index contributed by atoms with van der Waals surface area (Å²) < 4.78 is 43.0. The van der Waals surface area contributed by atoms with Crippen LogP contribution < -0.4 is 4.74 Å². The van der Waals surface area contributed by atoms with E-state index in [0.29, 0.717) is 30.3 Å². The fourth-order valence-electron chi connectivity index (χ4n) is 1.99. The number of hydrogen-bond donors (Lipinski definition) is 0. The number of methoxy groups -OCH3 is 1. The molecule has 5 nitrogen and oxygen atoms in total. The molecular weight excluding hydrogens is 286 g/mol. The van der Waals surface area contributed by atoms with Gasteiger partial charge in [-0.05, 0) is 24.6 Å². The fourth-order valence-corrected chi connectivity index (χ4v) is 4.95. The van der Waals surface area contributed by atoms with Gasteiger partial charge in [-0.15, -0.1) is 0 Å². The zero-order valence-corrected chi connectivity index (χ0v) is 12.6. The molecule has 2 rings (SSSR count). The van der Waals surface area contributed by atoms with Gasteiger partial charge in [0.15, 0.2) is 0 Å². The highest BCUT2D eigenvalue weighted by Crippen LogP contribution is 2.28. The Hall–Kier alpha value is -0.920. The van der Waals surface area contributed by atoms with Crippen LogP contribution >= 0.6 is 0 Å². The van der Waals surface area contributed by atoms with Crippen molar-refractivity contribution in [1.82, 2.24) is 4.31 Å². The van der Waals surface area contributed by atoms with Crippen molar-refractivity contribution < 1.29 is 17.4 Å². The first-order valence-electron chi connectivity index (χ1n) is 5.95. The van der Waals surface area contributed by atoms with Crippen molar-refractivity contribution in [3.8, 4) is 5.75 Å². The van der Waals surface area contributed by atoms with Crippen LogP contribution in [0.1, 0.15) is 5.56 Å². The summed E-state index contributed by atoms with van der Waals surface area (Å²) in [6.45, 7) is 2.43. The van der Waals surface area contributed by atoms with Crippen LogP contribution in [0.2, 0.25) is 0 Å². The van der Waals surface area contributed by atoms with Crippen molar-refractivity contribution in [3.05, 3.63) is 23.8 Å². The summed E-state index contributed by atoms with van der Waals surface area (Å²) in [5.41, 5.74) is 0.861. The van der Waals surface area contributed by atoms with Crippen molar-refractivity contribution in [3.63, 3.8) is 0 Å². The summed E-state index contributed by atoms with van der Waals surface area (Å²) in [7, 11) is -3.02. The fraction of sp³-hybridized carbons (Fsp3) is 0.500. The second-order valence-electron chi connectivity index (χ2n) is 4.41. The van der Waals surface area contributed by atoms with Crippen molar-refractivity contribution in [1.29, 1.82) is 0 Å². The van der Waals surface area contributed by atoms with E-state index in [4.69, 9.17) is 4.74 Å². The van der Waals surface area contributed by atoms with Gasteiger partial charge in [-0.2, -0.15) is 4.31 Å². The quantitative estimate of drug-likeness (QED) is 0.827. The number of rotatable bonds is 3. The van der Waals surface area contributed by atoms with E-state index in [-0.39, 0.29) is 4.90 Å². The minimum Gasteiger partial charge on any atom is -0.495 e. The van der Waals surface area contributed by atoms with Gasteiger partial charge in [0.05, 0.1) is 7.11 Å². The van der Waals surface area contributed by atoms with E-state index >= 15 is 0 Å². The number of sulfonamides is 1. The van der Waals surface area contributed by atoms with Gasteiger partial charge in [-0.3, -0.25) is 4.21 Å². The average Bonchev–Trinajstić information content (AvgIpc) is 2.39. The molecule has 0 radical (unpaired) electrons. The minimum absolute atomic E-state index is 0.183. The third-order valence-electron chi connectivity index (χ3n) is 3.07. The third-order valence-corrected chi connectivity index (χ3v) is 6.27. The molecule has 0 unspecified atom stereocenters. The molecule has 7 heteroatoms. The molecule has 1 fully saturated rings. The van der Waals surface area contributed by atoms with Gasteiger partial charge < -0.3 is 4.74 Å². The van der Waals surface area contributed by atoms with Crippen LogP contribution in [0.5, 0.6) is 5.75 Å². The van der Waals surface area contributed by atoms with Crippen LogP contribution in [0.4, 0.5) is 0 Å². The highest BCUT2D eigenvalue weighted by atomic mass is 32.2. The van der Waals surface area contributed by atoms with Gasteiger partial charge in [0.1, 0.15) is 10.6 Å². The van der Waals surface area contributed by atoms with Crippen molar-refractivity contribution in [2.45, 2.75) is 11.8 Å². The number of ether oxygens (including phenoxy) is 1. The summed E-state index contributed by atoms with van der Waals surface area (Å²) in [5, 5.41) is 0. The standard InChI is InChI=1S/C12H17NO4S2/c1-10-3-4-11(17-2)12(9-10)19(15,16)13-5-7-18(14)8-6-13/h3-4,9H,5-8H2,1-2H3. The molecular formula is C12H17NO4S2. The molecule has 1 saturated heterocycles. The predicted molar refractivity (Wildman–Crippen MR) is 74.4 cm³/mol. The molecule has 106 valence electrons. The second kappa shape index (κ2) is 5.60. The van der Waals surface area contributed by atoms with E-state index in [1.54, 1.807) is 12.1 Å². The Kier molecular flexibility index (Phi) is 4.27. The van der Waals surface area contributed by atoms with E-state index in [1.807, 2.05) is 13.0 Å². The van der Waals surface area contributed by atoms with Crippen molar-refractivity contribution in [2.75, 3.05) is 31.7 Å². The van der Waals surface area contributed by atoms with E-state index in [0.717, 1.165) is 5.56 Å². The lowest BCUT2D eigenvalue weighted by Crippen LogP contribution is -2.41. The van der Waals surface area contributed by atoms with Crippen LogP contribution in [0.15, 0.2) is 23.1 Å². The Morgan fingerprint density at radius 1 is 1.26 bits per heavy atom. The number of hydrogen-bond acceptors (Lipinski definition) is 4. The van der Waals surface area contributed by atoms with Gasteiger partial charge in [0.25, 0.3) is 0 Å². The summed E-state index contributed by atoms with van der Waals surface area (Å²) in [6, 6.07) is 5.08. The van der Waals surface area contributed by atoms with Gasteiger partial charge in [-0.25, -0.2) is 8.42 Å². The molecule has 0 spiro atoms. The summed E-state index contributed by atoms with van der Waals surface area (Å²) in [6.07, 6.45) is 0. The van der Waals surface area contributed by atoms with E-state index < -0.39 is 20.8 Å². The molecule has 1 aliphatic heterocycles. The molecule has 1 aromatic carbocycles. The van der Waals surface area contributed by atoms with Crippen LogP contribution in [0, 0.1) is 6.92 Å². The number of aryl methyl sites for hydroxylation is 1. The van der Waals surface area contributed by atoms with Crippen molar-refractivity contribution in [2.24, 2.45) is 0 Å². The Labute approximate surface area is 116 Å². The first-order chi connectivity index (χ1) is 8.95. The number of benzene rings is 1. The van der Waals surface area contributed by atoms with Crippen LogP contribution in [-0.2, 0) is 20.8 Å². The Balaban J connectivity index is 2.39. The number of nitrogens with zero attached hydrogens (tertiary/aromatic N) is 1. The normalized spacial score (nSPS) is 18.4. The first kappa shape index (κ1) is 14.5. The lowest BCUT2D eigenvalue weighted by Gasteiger charge is -2.26. The molecule has 0 bridgehead atoms. The zero-order valence-electron chi connectivity index (χ0n) is 11.0. The molecule has 0 aromatic heterocycles. The molecule has 1 aliphatic rings. The maximum atomic E-state index is 12.6. The lowest BCUT2D eigenvalue weighted by atomic mass is 10.2. The maximum Gasteiger partial charge on any atom is 0.246 e. The molecule has 0 atom stereocenters. The van der Waals surface area contributed by atoms with E-state index in [2.05, 4.69) is 0 Å². The minimum atomic E-state index is -3.58. The molecule has 0 amide bonds.